The molecule has 1 atom stereocenters. The number of benzene rings is 2. The highest BCUT2D eigenvalue weighted by Crippen LogP contribution is 2.42. The number of halogens is 6. The van der Waals surface area contributed by atoms with Gasteiger partial charge in [0.1, 0.15) is 11.8 Å². The van der Waals surface area contributed by atoms with Crippen molar-refractivity contribution in [1.82, 2.24) is 10.2 Å². The Labute approximate surface area is 203 Å². The lowest BCUT2D eigenvalue weighted by Gasteiger charge is -2.41. The van der Waals surface area contributed by atoms with E-state index in [1.165, 1.54) is 24.3 Å². The van der Waals surface area contributed by atoms with Crippen molar-refractivity contribution < 1.29 is 40.7 Å². The van der Waals surface area contributed by atoms with Crippen LogP contribution in [0.4, 0.5) is 26.3 Å². The molecule has 1 N–H and O–H groups in total. The first-order chi connectivity index (χ1) is 16.9. The molecule has 1 saturated carbocycles. The van der Waals surface area contributed by atoms with Crippen LogP contribution in [0.3, 0.4) is 0 Å². The summed E-state index contributed by atoms with van der Waals surface area (Å²) in [5.74, 6) is -1.69. The van der Waals surface area contributed by atoms with Crippen LogP contribution in [0, 0.1) is 0 Å². The molecule has 1 aliphatic carbocycles. The molecule has 36 heavy (non-hydrogen) atoms. The predicted octanol–water partition coefficient (Wildman–Crippen LogP) is 5.54. The van der Waals surface area contributed by atoms with Gasteiger partial charge in [-0.15, -0.1) is 0 Å². The fourth-order valence-electron chi connectivity index (χ4n) is 4.88. The molecular weight excluding hydrogens is 490 g/mol. The Morgan fingerprint density at radius 2 is 1.64 bits per heavy atom. The zero-order valence-electron chi connectivity index (χ0n) is 19.1. The molecule has 2 amide bonds. The van der Waals surface area contributed by atoms with Gasteiger partial charge < -0.3 is 10.1 Å². The second kappa shape index (κ2) is 9.76. The van der Waals surface area contributed by atoms with Crippen molar-refractivity contribution in [1.29, 1.82) is 0 Å². The first kappa shape index (κ1) is 26.0. The van der Waals surface area contributed by atoms with Gasteiger partial charge in [-0.25, -0.2) is 0 Å². The zero-order valence-corrected chi connectivity index (χ0v) is 19.1. The van der Waals surface area contributed by atoms with Crippen molar-refractivity contribution in [2.75, 3.05) is 6.61 Å². The van der Waals surface area contributed by atoms with E-state index in [2.05, 4.69) is 5.32 Å². The Balaban J connectivity index is 1.61. The van der Waals surface area contributed by atoms with E-state index in [0.29, 0.717) is 25.7 Å². The topological polar surface area (TPSA) is 58.6 Å². The molecule has 1 aliphatic heterocycles. The van der Waals surface area contributed by atoms with E-state index >= 15 is 0 Å². The van der Waals surface area contributed by atoms with Gasteiger partial charge in [0, 0.05) is 6.54 Å². The molecule has 0 aromatic heterocycles. The molecule has 194 valence electrons. The van der Waals surface area contributed by atoms with E-state index in [1.807, 2.05) is 0 Å². The molecule has 1 heterocycles. The van der Waals surface area contributed by atoms with E-state index in [4.69, 9.17) is 4.74 Å². The van der Waals surface area contributed by atoms with Gasteiger partial charge in [0.25, 0.3) is 5.91 Å². The molecule has 2 aromatic rings. The van der Waals surface area contributed by atoms with Gasteiger partial charge >= 0.3 is 12.4 Å². The van der Waals surface area contributed by atoms with Crippen LogP contribution in [0.1, 0.15) is 59.2 Å². The molecule has 1 saturated heterocycles. The molecular formula is C25H24F6N2O3. The Kier molecular flexibility index (Phi) is 7.05. The average molecular weight is 514 g/mol. The minimum absolute atomic E-state index is 0.185. The molecule has 5 nitrogen and oxygen atoms in total. The van der Waals surface area contributed by atoms with E-state index in [1.54, 1.807) is 0 Å². The summed E-state index contributed by atoms with van der Waals surface area (Å²) in [4.78, 5) is 27.8. The van der Waals surface area contributed by atoms with Gasteiger partial charge in [-0.2, -0.15) is 26.3 Å². The smallest absolute Gasteiger partial charge is 0.353 e. The molecule has 2 fully saturated rings. The third-order valence-corrected chi connectivity index (χ3v) is 6.60. The Morgan fingerprint density at radius 3 is 2.31 bits per heavy atom. The van der Waals surface area contributed by atoms with Gasteiger partial charge in [-0.1, -0.05) is 30.7 Å². The number of hydrogen-bond donors (Lipinski definition) is 1. The van der Waals surface area contributed by atoms with Crippen LogP contribution in [-0.2, 0) is 28.4 Å². The summed E-state index contributed by atoms with van der Waals surface area (Å²) in [5, 5.41) is 2.52. The van der Waals surface area contributed by atoms with E-state index in [0.717, 1.165) is 35.6 Å². The maximum atomic E-state index is 13.6. The first-order valence-electron chi connectivity index (χ1n) is 11.5. The second-order valence-corrected chi connectivity index (χ2v) is 8.97. The van der Waals surface area contributed by atoms with Crippen LogP contribution < -0.4 is 5.32 Å². The molecule has 0 unspecified atom stereocenters. The number of hydrogen-bond acceptors (Lipinski definition) is 3. The van der Waals surface area contributed by atoms with Crippen LogP contribution in [0.5, 0.6) is 0 Å². The number of carbonyl (C=O) groups excluding carboxylic acids is 2. The van der Waals surface area contributed by atoms with Gasteiger partial charge in [0.15, 0.2) is 0 Å². The summed E-state index contributed by atoms with van der Waals surface area (Å²) in [7, 11) is 0. The third kappa shape index (κ3) is 5.21. The van der Waals surface area contributed by atoms with Gasteiger partial charge in [-0.05, 0) is 55.5 Å². The van der Waals surface area contributed by atoms with Crippen LogP contribution in [0.25, 0.3) is 0 Å². The molecule has 2 aromatic carbocycles. The van der Waals surface area contributed by atoms with Crippen molar-refractivity contribution in [3.8, 4) is 0 Å². The van der Waals surface area contributed by atoms with Crippen LogP contribution in [-0.4, -0.2) is 35.1 Å². The summed E-state index contributed by atoms with van der Waals surface area (Å²) in [5.41, 5.74) is -3.61. The van der Waals surface area contributed by atoms with Crippen molar-refractivity contribution in [2.45, 2.75) is 62.8 Å². The van der Waals surface area contributed by atoms with Gasteiger partial charge in [0.05, 0.1) is 23.3 Å². The number of nitrogens with zero attached hydrogens (tertiary/aromatic N) is 1. The van der Waals surface area contributed by atoms with Gasteiger partial charge in [0.2, 0.25) is 5.91 Å². The Hall–Kier alpha value is -3.08. The van der Waals surface area contributed by atoms with Crippen LogP contribution in [0.15, 0.2) is 48.5 Å². The highest BCUT2D eigenvalue weighted by atomic mass is 19.4. The molecule has 0 bridgehead atoms. The van der Waals surface area contributed by atoms with Crippen molar-refractivity contribution >= 4 is 11.8 Å². The molecule has 4 rings (SSSR count). The fourth-order valence-corrected chi connectivity index (χ4v) is 4.88. The maximum absolute atomic E-state index is 13.6. The minimum atomic E-state index is -4.78. The summed E-state index contributed by atoms with van der Waals surface area (Å²) >= 11 is 0. The minimum Gasteiger partial charge on any atom is -0.353 e. The van der Waals surface area contributed by atoms with E-state index < -0.39 is 52.6 Å². The molecule has 2 aliphatic rings. The largest absolute Gasteiger partial charge is 0.417 e. The van der Waals surface area contributed by atoms with Gasteiger partial charge in [-0.3, -0.25) is 14.5 Å². The highest BCUT2D eigenvalue weighted by molar-refractivity contribution is 5.99. The summed E-state index contributed by atoms with van der Waals surface area (Å²) < 4.78 is 85.9. The lowest BCUT2D eigenvalue weighted by Crippen LogP contribution is -2.56. The predicted molar refractivity (Wildman–Crippen MR) is 116 cm³/mol. The number of amides is 2. The summed E-state index contributed by atoms with van der Waals surface area (Å²) in [6.07, 6.45) is -6.41. The lowest BCUT2D eigenvalue weighted by atomic mass is 9.89. The van der Waals surface area contributed by atoms with Crippen molar-refractivity contribution in [2.24, 2.45) is 0 Å². The molecule has 1 spiro atoms. The SMILES string of the molecule is O=C(NCc1cccc(C(F)(F)F)c1)[C@H]1COC2(CCCCC2)N1C(=O)c1ccccc1C(F)(F)F. The molecule has 0 radical (unpaired) electrons. The summed E-state index contributed by atoms with van der Waals surface area (Å²) in [6.45, 7) is -0.484. The number of alkyl halides is 6. The average Bonchev–Trinajstić information content (AvgIpc) is 3.19. The van der Waals surface area contributed by atoms with E-state index in [9.17, 15) is 35.9 Å². The highest BCUT2D eigenvalue weighted by Gasteiger charge is 2.53. The zero-order chi connectivity index (χ0) is 26.1. The van der Waals surface area contributed by atoms with Crippen molar-refractivity contribution in [3.63, 3.8) is 0 Å². The molecule has 11 heteroatoms. The standard InChI is InChI=1S/C25H24F6N2O3/c26-24(27,28)17-8-6-7-16(13-17)14-32-21(34)20-15-36-23(11-4-1-5-12-23)33(20)22(35)18-9-2-3-10-19(18)25(29,30)31/h2-3,6-10,13,20H,1,4-5,11-12,14-15H2,(H,32,34)/t20-/m1/s1. The quantitative estimate of drug-likeness (QED) is 0.545. The number of nitrogens with one attached hydrogen (secondary N) is 1. The Bertz CT molecular complexity index is 1130. The van der Waals surface area contributed by atoms with Crippen LogP contribution in [0.2, 0.25) is 0 Å². The lowest BCUT2D eigenvalue weighted by molar-refractivity contribution is -0.139. The fraction of sp³-hybridized carbons (Fsp3) is 0.440. The van der Waals surface area contributed by atoms with Crippen LogP contribution >= 0.6 is 0 Å². The maximum Gasteiger partial charge on any atom is 0.417 e. The third-order valence-electron chi connectivity index (χ3n) is 6.60. The number of ether oxygens (including phenoxy) is 1. The van der Waals surface area contributed by atoms with Crippen molar-refractivity contribution in [3.05, 3.63) is 70.8 Å². The number of carbonyl (C=O) groups is 2. The first-order valence-corrected chi connectivity index (χ1v) is 11.5. The van der Waals surface area contributed by atoms with E-state index in [-0.39, 0.29) is 18.7 Å². The summed E-state index contributed by atoms with van der Waals surface area (Å²) in [6, 6.07) is 7.56. The normalized spacial score (nSPS) is 19.9. The Morgan fingerprint density at radius 1 is 0.944 bits per heavy atom. The second-order valence-electron chi connectivity index (χ2n) is 8.97. The number of rotatable bonds is 4. The monoisotopic (exact) mass is 514 g/mol.